The molecule has 1 aliphatic rings. The van der Waals surface area contributed by atoms with E-state index in [1.165, 1.54) is 0 Å². The minimum absolute atomic E-state index is 0.0536. The Bertz CT molecular complexity index is 403. The summed E-state index contributed by atoms with van der Waals surface area (Å²) in [5, 5.41) is 2.87. The summed E-state index contributed by atoms with van der Waals surface area (Å²) in [6.07, 6.45) is 0.505. The maximum absolute atomic E-state index is 11.5. The topological polar surface area (TPSA) is 58.4 Å². The van der Waals surface area contributed by atoms with Gasteiger partial charge in [0.2, 0.25) is 5.91 Å². The molecule has 1 atom stereocenters. The van der Waals surface area contributed by atoms with Crippen LogP contribution in [0.5, 0.6) is 0 Å². The van der Waals surface area contributed by atoms with Crippen LogP contribution in [0.3, 0.4) is 0 Å². The normalized spacial score (nSPS) is 20.5. The summed E-state index contributed by atoms with van der Waals surface area (Å²) >= 11 is 0. The number of nitrogen functional groups attached to an aromatic ring is 1. The van der Waals surface area contributed by atoms with Crippen molar-refractivity contribution in [1.29, 1.82) is 0 Å². The van der Waals surface area contributed by atoms with E-state index in [-0.39, 0.29) is 11.9 Å². The monoisotopic (exact) mass is 205 g/mol. The number of fused-ring (bicyclic) bond motifs is 1. The summed E-state index contributed by atoms with van der Waals surface area (Å²) < 4.78 is 0. The van der Waals surface area contributed by atoms with Gasteiger partial charge in [-0.2, -0.15) is 0 Å². The van der Waals surface area contributed by atoms with Crippen molar-refractivity contribution in [1.82, 2.24) is 0 Å². The zero-order valence-electron chi connectivity index (χ0n) is 8.95. The number of nitrogens with two attached hydrogens (primary N) is 1. The molecule has 4 heteroatoms. The molecule has 80 valence electrons. The van der Waals surface area contributed by atoms with E-state index in [1.807, 2.05) is 26.1 Å². The van der Waals surface area contributed by atoms with E-state index in [0.717, 1.165) is 11.4 Å². The Morgan fingerprint density at radius 1 is 1.53 bits per heavy atom. The molecule has 2 rings (SSSR count). The van der Waals surface area contributed by atoms with Gasteiger partial charge in [0.1, 0.15) is 0 Å². The summed E-state index contributed by atoms with van der Waals surface area (Å²) in [6.45, 7) is 2.03. The fourth-order valence-electron chi connectivity index (χ4n) is 1.79. The third kappa shape index (κ3) is 1.75. The standard InChI is InChI=1S/C11H15N3O/c1-7-5-11(15)13-9-4-3-8(12)6-10(9)14(7)2/h3-4,6-7H,5,12H2,1-2H3,(H,13,15). The van der Waals surface area contributed by atoms with Crippen LogP contribution < -0.4 is 16.0 Å². The van der Waals surface area contributed by atoms with Crippen molar-refractivity contribution in [2.75, 3.05) is 23.0 Å². The average Bonchev–Trinajstić information content (AvgIpc) is 2.27. The van der Waals surface area contributed by atoms with Gasteiger partial charge in [0.25, 0.3) is 0 Å². The minimum Gasteiger partial charge on any atom is -0.399 e. The first-order chi connectivity index (χ1) is 7.08. The quantitative estimate of drug-likeness (QED) is 0.630. The molecule has 0 spiro atoms. The van der Waals surface area contributed by atoms with E-state index in [2.05, 4.69) is 10.2 Å². The summed E-state index contributed by atoms with van der Waals surface area (Å²) in [7, 11) is 1.98. The van der Waals surface area contributed by atoms with Gasteiger partial charge in [0.05, 0.1) is 11.4 Å². The van der Waals surface area contributed by atoms with Gasteiger partial charge in [-0.15, -0.1) is 0 Å². The highest BCUT2D eigenvalue weighted by molar-refractivity contribution is 5.97. The van der Waals surface area contributed by atoms with E-state index >= 15 is 0 Å². The van der Waals surface area contributed by atoms with E-state index in [1.54, 1.807) is 6.07 Å². The van der Waals surface area contributed by atoms with Gasteiger partial charge < -0.3 is 16.0 Å². The maximum atomic E-state index is 11.5. The molecule has 0 saturated heterocycles. The number of nitrogens with one attached hydrogen (secondary N) is 1. The lowest BCUT2D eigenvalue weighted by Gasteiger charge is -2.25. The second-order valence-corrected chi connectivity index (χ2v) is 3.99. The van der Waals surface area contributed by atoms with E-state index < -0.39 is 0 Å². The van der Waals surface area contributed by atoms with Crippen LogP contribution in [0.15, 0.2) is 18.2 Å². The average molecular weight is 205 g/mol. The fraction of sp³-hybridized carbons (Fsp3) is 0.364. The Hall–Kier alpha value is -1.71. The van der Waals surface area contributed by atoms with Crippen LogP contribution in [0, 0.1) is 0 Å². The molecule has 1 aromatic carbocycles. The number of amides is 1. The van der Waals surface area contributed by atoms with Gasteiger partial charge in [-0.3, -0.25) is 4.79 Å². The highest BCUT2D eigenvalue weighted by Crippen LogP contribution is 2.31. The maximum Gasteiger partial charge on any atom is 0.226 e. The van der Waals surface area contributed by atoms with Crippen LogP contribution in [-0.2, 0) is 4.79 Å². The van der Waals surface area contributed by atoms with Gasteiger partial charge >= 0.3 is 0 Å². The number of nitrogens with zero attached hydrogens (tertiary/aromatic N) is 1. The molecule has 4 nitrogen and oxygen atoms in total. The Morgan fingerprint density at radius 3 is 3.00 bits per heavy atom. The number of anilines is 3. The molecule has 0 saturated carbocycles. The predicted octanol–water partition coefficient (Wildman–Crippen LogP) is 1.44. The first-order valence-electron chi connectivity index (χ1n) is 5.00. The number of carbonyl (C=O) groups is 1. The predicted molar refractivity (Wildman–Crippen MR) is 62.0 cm³/mol. The highest BCUT2D eigenvalue weighted by Gasteiger charge is 2.22. The van der Waals surface area contributed by atoms with Gasteiger partial charge in [-0.05, 0) is 25.1 Å². The summed E-state index contributed by atoms with van der Waals surface area (Å²) in [5.41, 5.74) is 8.26. The molecule has 3 N–H and O–H groups in total. The van der Waals surface area contributed by atoms with Crippen molar-refractivity contribution in [2.45, 2.75) is 19.4 Å². The Balaban J connectivity index is 2.50. The van der Waals surface area contributed by atoms with Crippen LogP contribution in [-0.4, -0.2) is 19.0 Å². The van der Waals surface area contributed by atoms with E-state index in [9.17, 15) is 4.79 Å². The molecule has 1 amide bonds. The molecular formula is C11H15N3O. The molecule has 0 radical (unpaired) electrons. The third-order valence-corrected chi connectivity index (χ3v) is 2.82. The van der Waals surface area contributed by atoms with Crippen molar-refractivity contribution in [2.24, 2.45) is 0 Å². The molecule has 0 aliphatic carbocycles. The first kappa shape index (κ1) is 9.83. The Kier molecular flexibility index (Phi) is 2.26. The van der Waals surface area contributed by atoms with Gasteiger partial charge in [0.15, 0.2) is 0 Å². The van der Waals surface area contributed by atoms with Crippen LogP contribution in [0.4, 0.5) is 17.1 Å². The lowest BCUT2D eigenvalue weighted by Crippen LogP contribution is -2.29. The number of benzene rings is 1. The smallest absolute Gasteiger partial charge is 0.226 e. The zero-order valence-corrected chi connectivity index (χ0v) is 8.95. The highest BCUT2D eigenvalue weighted by atomic mass is 16.1. The Morgan fingerprint density at radius 2 is 2.27 bits per heavy atom. The van der Waals surface area contributed by atoms with Gasteiger partial charge in [-0.25, -0.2) is 0 Å². The van der Waals surface area contributed by atoms with Crippen LogP contribution in [0.25, 0.3) is 0 Å². The number of hydrogen-bond acceptors (Lipinski definition) is 3. The van der Waals surface area contributed by atoms with Crippen molar-refractivity contribution < 1.29 is 4.79 Å². The molecule has 15 heavy (non-hydrogen) atoms. The van der Waals surface area contributed by atoms with Crippen LogP contribution in [0.2, 0.25) is 0 Å². The molecule has 1 unspecified atom stereocenters. The summed E-state index contributed by atoms with van der Waals surface area (Å²) in [5.74, 6) is 0.0536. The zero-order chi connectivity index (χ0) is 11.0. The second kappa shape index (κ2) is 3.46. The number of hydrogen-bond donors (Lipinski definition) is 2. The molecule has 1 heterocycles. The second-order valence-electron chi connectivity index (χ2n) is 3.99. The summed E-state index contributed by atoms with van der Waals surface area (Å²) in [6, 6.07) is 5.71. The minimum atomic E-state index is 0.0536. The molecule has 0 bridgehead atoms. The number of carbonyl (C=O) groups excluding carboxylic acids is 1. The molecule has 0 fully saturated rings. The van der Waals surface area contributed by atoms with Crippen molar-refractivity contribution in [3.8, 4) is 0 Å². The van der Waals surface area contributed by atoms with Crippen molar-refractivity contribution in [3.63, 3.8) is 0 Å². The largest absolute Gasteiger partial charge is 0.399 e. The first-order valence-corrected chi connectivity index (χ1v) is 5.00. The molecular weight excluding hydrogens is 190 g/mol. The van der Waals surface area contributed by atoms with Gasteiger partial charge in [-0.1, -0.05) is 0 Å². The van der Waals surface area contributed by atoms with Gasteiger partial charge in [0, 0.05) is 25.2 Å². The molecule has 0 aromatic heterocycles. The van der Waals surface area contributed by atoms with E-state index in [0.29, 0.717) is 12.1 Å². The SMILES string of the molecule is CC1CC(=O)Nc2ccc(N)cc2N1C. The van der Waals surface area contributed by atoms with Crippen molar-refractivity contribution >= 4 is 23.0 Å². The summed E-state index contributed by atoms with van der Waals surface area (Å²) in [4.78, 5) is 13.6. The molecule has 1 aromatic rings. The number of rotatable bonds is 0. The third-order valence-electron chi connectivity index (χ3n) is 2.82. The van der Waals surface area contributed by atoms with E-state index in [4.69, 9.17) is 5.73 Å². The molecule has 1 aliphatic heterocycles. The fourth-order valence-corrected chi connectivity index (χ4v) is 1.79. The lowest BCUT2D eigenvalue weighted by atomic mass is 10.2. The van der Waals surface area contributed by atoms with Crippen LogP contribution >= 0.6 is 0 Å². The van der Waals surface area contributed by atoms with Crippen LogP contribution in [0.1, 0.15) is 13.3 Å². The Labute approximate surface area is 89.1 Å². The van der Waals surface area contributed by atoms with Crippen molar-refractivity contribution in [3.05, 3.63) is 18.2 Å². The lowest BCUT2D eigenvalue weighted by molar-refractivity contribution is -0.116.